The molecule has 0 atom stereocenters. The van der Waals surface area contributed by atoms with E-state index >= 15 is 0 Å². The largest absolute Gasteiger partial charge is 0.383 e. The number of methoxy groups -OCH3 is 1. The molecule has 0 spiro atoms. The van der Waals surface area contributed by atoms with Gasteiger partial charge in [0, 0.05) is 45.4 Å². The first-order valence-corrected chi connectivity index (χ1v) is 6.73. The Kier molecular flexibility index (Phi) is 7.46. The van der Waals surface area contributed by atoms with Crippen molar-refractivity contribution in [2.24, 2.45) is 0 Å². The highest BCUT2D eigenvalue weighted by Gasteiger charge is 2.09. The number of hydrogen-bond acceptors (Lipinski definition) is 5. The number of ether oxygens (including phenoxy) is 1. The molecule has 0 aromatic heterocycles. The smallest absolute Gasteiger partial charge is 0.270 e. The zero-order chi connectivity index (χ0) is 15.0. The number of nitrogens with zero attached hydrogens (tertiary/aromatic N) is 2. The predicted octanol–water partition coefficient (Wildman–Crippen LogP) is 1.92. The molecule has 0 bridgehead atoms. The Hall–Kier alpha value is -1.21. The van der Waals surface area contributed by atoms with Crippen molar-refractivity contribution in [2.75, 3.05) is 40.4 Å². The third-order valence-corrected chi connectivity index (χ3v) is 3.26. The van der Waals surface area contributed by atoms with Gasteiger partial charge in [0.15, 0.2) is 0 Å². The molecule has 6 nitrogen and oxygen atoms in total. The SMILES string of the molecule is COCCN(C)CCNCc1ccc([N+](=O)[O-])cc1Cl. The van der Waals surface area contributed by atoms with Crippen LogP contribution in [0.5, 0.6) is 0 Å². The van der Waals surface area contributed by atoms with Crippen molar-refractivity contribution in [3.05, 3.63) is 38.9 Å². The Bertz CT molecular complexity index is 443. The summed E-state index contributed by atoms with van der Waals surface area (Å²) in [6.45, 7) is 3.90. The first kappa shape index (κ1) is 16.8. The number of benzene rings is 1. The van der Waals surface area contributed by atoms with Gasteiger partial charge in [0.25, 0.3) is 5.69 Å². The van der Waals surface area contributed by atoms with Crippen LogP contribution in [0.3, 0.4) is 0 Å². The fraction of sp³-hybridized carbons (Fsp3) is 0.538. The molecule has 7 heteroatoms. The third kappa shape index (κ3) is 5.83. The molecular formula is C13H20ClN3O3. The lowest BCUT2D eigenvalue weighted by atomic mass is 10.2. The molecule has 1 aromatic carbocycles. The molecular weight excluding hydrogens is 282 g/mol. The number of rotatable bonds is 9. The molecule has 0 saturated carbocycles. The number of nitro groups is 1. The Morgan fingerprint density at radius 1 is 1.45 bits per heavy atom. The first-order chi connectivity index (χ1) is 9.54. The lowest BCUT2D eigenvalue weighted by molar-refractivity contribution is -0.384. The van der Waals surface area contributed by atoms with Crippen molar-refractivity contribution < 1.29 is 9.66 Å². The second kappa shape index (κ2) is 8.86. The van der Waals surface area contributed by atoms with Gasteiger partial charge >= 0.3 is 0 Å². The van der Waals surface area contributed by atoms with E-state index in [1.54, 1.807) is 13.2 Å². The molecule has 0 fully saturated rings. The fourth-order valence-electron chi connectivity index (χ4n) is 1.65. The summed E-state index contributed by atoms with van der Waals surface area (Å²) in [7, 11) is 3.71. The molecule has 112 valence electrons. The second-order valence-electron chi connectivity index (χ2n) is 4.51. The van der Waals surface area contributed by atoms with Crippen molar-refractivity contribution in [1.82, 2.24) is 10.2 Å². The summed E-state index contributed by atoms with van der Waals surface area (Å²) in [5, 5.41) is 14.3. The molecule has 0 unspecified atom stereocenters. The molecule has 0 aliphatic rings. The minimum atomic E-state index is -0.451. The summed E-state index contributed by atoms with van der Waals surface area (Å²) in [5.41, 5.74) is 0.870. The summed E-state index contributed by atoms with van der Waals surface area (Å²) < 4.78 is 5.00. The monoisotopic (exact) mass is 301 g/mol. The average molecular weight is 302 g/mol. The minimum Gasteiger partial charge on any atom is -0.383 e. The predicted molar refractivity (Wildman–Crippen MR) is 79.2 cm³/mol. The van der Waals surface area contributed by atoms with E-state index < -0.39 is 4.92 Å². The maximum absolute atomic E-state index is 10.6. The number of nitro benzene ring substituents is 1. The van der Waals surface area contributed by atoms with E-state index in [1.807, 2.05) is 7.05 Å². The summed E-state index contributed by atoms with van der Waals surface area (Å²) in [6.07, 6.45) is 0. The summed E-state index contributed by atoms with van der Waals surface area (Å²) in [4.78, 5) is 12.3. The highest BCUT2D eigenvalue weighted by atomic mass is 35.5. The van der Waals surface area contributed by atoms with Crippen molar-refractivity contribution in [2.45, 2.75) is 6.54 Å². The highest BCUT2D eigenvalue weighted by Crippen LogP contribution is 2.22. The molecule has 0 saturated heterocycles. The Morgan fingerprint density at radius 2 is 2.20 bits per heavy atom. The number of non-ortho nitro benzene ring substituents is 1. The van der Waals surface area contributed by atoms with Crippen molar-refractivity contribution in [3.8, 4) is 0 Å². The normalized spacial score (nSPS) is 11.0. The molecule has 20 heavy (non-hydrogen) atoms. The van der Waals surface area contributed by atoms with Gasteiger partial charge in [-0.1, -0.05) is 11.6 Å². The maximum Gasteiger partial charge on any atom is 0.270 e. The number of likely N-dealkylation sites (N-methyl/N-ethyl adjacent to an activating group) is 1. The van der Waals surface area contributed by atoms with E-state index in [2.05, 4.69) is 10.2 Å². The van der Waals surface area contributed by atoms with E-state index in [9.17, 15) is 10.1 Å². The molecule has 0 radical (unpaired) electrons. The van der Waals surface area contributed by atoms with Crippen LogP contribution in [0.25, 0.3) is 0 Å². The average Bonchev–Trinajstić information content (AvgIpc) is 2.42. The van der Waals surface area contributed by atoms with Crippen LogP contribution < -0.4 is 5.32 Å². The molecule has 1 aromatic rings. The summed E-state index contributed by atoms with van der Waals surface area (Å²) >= 11 is 6.01. The molecule has 0 amide bonds. The lowest BCUT2D eigenvalue weighted by Crippen LogP contribution is -2.31. The second-order valence-corrected chi connectivity index (χ2v) is 4.91. The topological polar surface area (TPSA) is 67.6 Å². The maximum atomic E-state index is 10.6. The minimum absolute atomic E-state index is 0.0121. The zero-order valence-electron chi connectivity index (χ0n) is 11.8. The van der Waals surface area contributed by atoms with E-state index in [0.717, 1.165) is 25.2 Å². The zero-order valence-corrected chi connectivity index (χ0v) is 12.5. The Morgan fingerprint density at radius 3 is 2.80 bits per heavy atom. The van der Waals surface area contributed by atoms with Gasteiger partial charge in [-0.2, -0.15) is 0 Å². The Balaban J connectivity index is 2.33. The highest BCUT2D eigenvalue weighted by molar-refractivity contribution is 6.31. The first-order valence-electron chi connectivity index (χ1n) is 6.35. The number of halogens is 1. The quantitative estimate of drug-likeness (QED) is 0.429. The molecule has 0 heterocycles. The molecule has 0 aliphatic heterocycles. The van der Waals surface area contributed by atoms with Crippen LogP contribution in [0.1, 0.15) is 5.56 Å². The van der Waals surface area contributed by atoms with Gasteiger partial charge in [0.1, 0.15) is 0 Å². The lowest BCUT2D eigenvalue weighted by Gasteiger charge is -2.16. The molecule has 1 rings (SSSR count). The summed E-state index contributed by atoms with van der Waals surface area (Å²) in [6, 6.07) is 4.53. The van der Waals surface area contributed by atoms with Crippen LogP contribution in [0.4, 0.5) is 5.69 Å². The van der Waals surface area contributed by atoms with Gasteiger partial charge in [-0.15, -0.1) is 0 Å². The standard InChI is InChI=1S/C13H20ClN3O3/c1-16(7-8-20-2)6-5-15-10-11-3-4-12(17(18)19)9-13(11)14/h3-4,9,15H,5-8,10H2,1-2H3. The van der Waals surface area contributed by atoms with Crippen molar-refractivity contribution in [3.63, 3.8) is 0 Å². The molecule has 0 aliphatic carbocycles. The van der Waals surface area contributed by atoms with Gasteiger partial charge < -0.3 is 15.0 Å². The third-order valence-electron chi connectivity index (χ3n) is 2.91. The van der Waals surface area contributed by atoms with Crippen LogP contribution >= 0.6 is 11.6 Å². The van der Waals surface area contributed by atoms with Gasteiger partial charge in [-0.05, 0) is 18.7 Å². The molecule has 1 N–H and O–H groups in total. The van der Waals surface area contributed by atoms with Crippen LogP contribution in [0.2, 0.25) is 5.02 Å². The van der Waals surface area contributed by atoms with Gasteiger partial charge in [-0.3, -0.25) is 10.1 Å². The van der Waals surface area contributed by atoms with E-state index in [4.69, 9.17) is 16.3 Å². The van der Waals surface area contributed by atoms with Crippen molar-refractivity contribution >= 4 is 17.3 Å². The van der Waals surface area contributed by atoms with Gasteiger partial charge in [0.2, 0.25) is 0 Å². The van der Waals surface area contributed by atoms with Crippen LogP contribution in [0.15, 0.2) is 18.2 Å². The Labute approximate surface area is 123 Å². The van der Waals surface area contributed by atoms with Crippen LogP contribution in [-0.2, 0) is 11.3 Å². The van der Waals surface area contributed by atoms with E-state index in [1.165, 1.54) is 12.1 Å². The fourth-order valence-corrected chi connectivity index (χ4v) is 1.89. The van der Waals surface area contributed by atoms with Crippen LogP contribution in [0, 0.1) is 10.1 Å². The van der Waals surface area contributed by atoms with Gasteiger partial charge in [0.05, 0.1) is 16.6 Å². The summed E-state index contributed by atoms with van der Waals surface area (Å²) in [5.74, 6) is 0. The van der Waals surface area contributed by atoms with Crippen LogP contribution in [-0.4, -0.2) is 50.2 Å². The van der Waals surface area contributed by atoms with E-state index in [-0.39, 0.29) is 5.69 Å². The number of hydrogen-bond donors (Lipinski definition) is 1. The van der Waals surface area contributed by atoms with E-state index in [0.29, 0.717) is 18.2 Å². The van der Waals surface area contributed by atoms with Gasteiger partial charge in [-0.25, -0.2) is 0 Å². The van der Waals surface area contributed by atoms with Crippen molar-refractivity contribution in [1.29, 1.82) is 0 Å². The number of nitrogens with one attached hydrogen (secondary N) is 1.